The molecule has 1 unspecified atom stereocenters. The summed E-state index contributed by atoms with van der Waals surface area (Å²) in [5.74, 6) is 0. The third-order valence-electron chi connectivity index (χ3n) is 3.74. The van der Waals surface area contributed by atoms with E-state index in [-0.39, 0.29) is 35.0 Å². The van der Waals surface area contributed by atoms with E-state index in [0.717, 1.165) is 25.9 Å². The second-order valence-electron chi connectivity index (χ2n) is 5.21. The molecule has 0 aromatic carbocycles. The van der Waals surface area contributed by atoms with E-state index in [1.807, 2.05) is 0 Å². The van der Waals surface area contributed by atoms with Gasteiger partial charge in [0, 0.05) is 13.5 Å². The molecule has 0 saturated carbocycles. The minimum atomic E-state index is -0.121. The Bertz CT molecular complexity index is 331. The SMILES string of the molecule is CC(=O)S[C@@H]1CO[C@H]2[C@@H]1OC[C@H]2OC1CCCCO1. The van der Waals surface area contributed by atoms with Crippen LogP contribution in [0.1, 0.15) is 26.2 Å². The van der Waals surface area contributed by atoms with E-state index >= 15 is 0 Å². The number of rotatable bonds is 3. The normalized spacial score (nSPS) is 42.3. The molecule has 0 amide bonds. The predicted octanol–water partition coefficient (Wildman–Crippen LogP) is 1.34. The number of hydrogen-bond donors (Lipinski definition) is 0. The Hall–Kier alpha value is -0.140. The molecule has 19 heavy (non-hydrogen) atoms. The first-order chi connectivity index (χ1) is 9.24. The molecule has 0 aromatic rings. The van der Waals surface area contributed by atoms with Gasteiger partial charge in [-0.3, -0.25) is 4.79 Å². The molecular weight excluding hydrogens is 268 g/mol. The number of hydrogen-bond acceptors (Lipinski definition) is 6. The smallest absolute Gasteiger partial charge is 0.186 e. The van der Waals surface area contributed by atoms with Crippen LogP contribution < -0.4 is 0 Å². The fraction of sp³-hybridized carbons (Fsp3) is 0.923. The molecule has 3 heterocycles. The van der Waals surface area contributed by atoms with Crippen molar-refractivity contribution >= 4 is 16.9 Å². The Morgan fingerprint density at radius 2 is 2.00 bits per heavy atom. The van der Waals surface area contributed by atoms with Crippen molar-refractivity contribution in [2.75, 3.05) is 19.8 Å². The highest BCUT2D eigenvalue weighted by Crippen LogP contribution is 2.36. The lowest BCUT2D eigenvalue weighted by Gasteiger charge is -2.27. The first-order valence-corrected chi connectivity index (χ1v) is 7.79. The van der Waals surface area contributed by atoms with Crippen molar-refractivity contribution < 1.29 is 23.7 Å². The quantitative estimate of drug-likeness (QED) is 0.781. The predicted molar refractivity (Wildman–Crippen MR) is 70.0 cm³/mol. The van der Waals surface area contributed by atoms with Crippen LogP contribution in [0.2, 0.25) is 0 Å². The second-order valence-corrected chi connectivity index (χ2v) is 6.63. The summed E-state index contributed by atoms with van der Waals surface area (Å²) in [5, 5.41) is 0.209. The van der Waals surface area contributed by atoms with Crippen molar-refractivity contribution in [3.05, 3.63) is 0 Å². The lowest BCUT2D eigenvalue weighted by atomic mass is 10.1. The summed E-state index contributed by atoms with van der Waals surface area (Å²) < 4.78 is 23.1. The van der Waals surface area contributed by atoms with Crippen LogP contribution in [0.3, 0.4) is 0 Å². The van der Waals surface area contributed by atoms with E-state index in [1.54, 1.807) is 6.92 Å². The monoisotopic (exact) mass is 288 g/mol. The van der Waals surface area contributed by atoms with Gasteiger partial charge in [0.1, 0.15) is 18.3 Å². The Kier molecular flexibility index (Phi) is 4.44. The summed E-state index contributed by atoms with van der Waals surface area (Å²) in [6, 6.07) is 0. The average Bonchev–Trinajstić information content (AvgIpc) is 2.95. The third-order valence-corrected chi connectivity index (χ3v) is 4.78. The summed E-state index contributed by atoms with van der Waals surface area (Å²) in [6.07, 6.45) is 2.94. The van der Waals surface area contributed by atoms with Gasteiger partial charge in [0.05, 0.1) is 18.5 Å². The minimum Gasteiger partial charge on any atom is -0.371 e. The van der Waals surface area contributed by atoms with E-state index in [0.29, 0.717) is 13.2 Å². The molecule has 3 fully saturated rings. The molecule has 3 saturated heterocycles. The van der Waals surface area contributed by atoms with Crippen LogP contribution in [-0.2, 0) is 23.7 Å². The zero-order chi connectivity index (χ0) is 13.2. The number of ether oxygens (including phenoxy) is 4. The van der Waals surface area contributed by atoms with Crippen molar-refractivity contribution in [3.8, 4) is 0 Å². The lowest BCUT2D eigenvalue weighted by Crippen LogP contribution is -2.36. The van der Waals surface area contributed by atoms with Gasteiger partial charge in [-0.05, 0) is 19.3 Å². The Morgan fingerprint density at radius 1 is 1.16 bits per heavy atom. The number of carbonyl (C=O) groups is 1. The molecule has 3 aliphatic heterocycles. The molecule has 3 aliphatic rings. The number of fused-ring (bicyclic) bond motifs is 1. The lowest BCUT2D eigenvalue weighted by molar-refractivity contribution is -0.201. The van der Waals surface area contributed by atoms with Gasteiger partial charge in [0.2, 0.25) is 0 Å². The molecule has 5 atom stereocenters. The summed E-state index contributed by atoms with van der Waals surface area (Å²) >= 11 is 1.31. The largest absolute Gasteiger partial charge is 0.371 e. The van der Waals surface area contributed by atoms with Gasteiger partial charge in [-0.15, -0.1) is 0 Å². The molecule has 0 N–H and O–H groups in total. The van der Waals surface area contributed by atoms with E-state index in [9.17, 15) is 4.79 Å². The van der Waals surface area contributed by atoms with Crippen LogP contribution >= 0.6 is 11.8 Å². The topological polar surface area (TPSA) is 54.0 Å². The molecule has 0 aromatic heterocycles. The molecule has 5 nitrogen and oxygen atoms in total. The molecule has 108 valence electrons. The van der Waals surface area contributed by atoms with E-state index < -0.39 is 0 Å². The van der Waals surface area contributed by atoms with E-state index in [2.05, 4.69) is 0 Å². The molecule has 0 spiro atoms. The summed E-state index contributed by atoms with van der Waals surface area (Å²) in [6.45, 7) is 3.45. The highest BCUT2D eigenvalue weighted by Gasteiger charge is 2.49. The van der Waals surface area contributed by atoms with Crippen molar-refractivity contribution in [3.63, 3.8) is 0 Å². The maximum absolute atomic E-state index is 11.2. The van der Waals surface area contributed by atoms with Crippen molar-refractivity contribution in [1.82, 2.24) is 0 Å². The van der Waals surface area contributed by atoms with Crippen LogP contribution in [0, 0.1) is 0 Å². The molecule has 6 heteroatoms. The molecule has 0 bridgehead atoms. The van der Waals surface area contributed by atoms with Gasteiger partial charge in [0.25, 0.3) is 0 Å². The molecule has 3 rings (SSSR count). The third kappa shape index (κ3) is 3.13. The summed E-state index contributed by atoms with van der Waals surface area (Å²) in [7, 11) is 0. The molecule has 0 radical (unpaired) electrons. The zero-order valence-corrected chi connectivity index (χ0v) is 11.9. The number of thioether (sulfide) groups is 1. The van der Waals surface area contributed by atoms with Gasteiger partial charge in [-0.25, -0.2) is 0 Å². The Labute approximate surface area is 117 Å². The molecule has 0 aliphatic carbocycles. The van der Waals surface area contributed by atoms with Gasteiger partial charge in [-0.1, -0.05) is 11.8 Å². The maximum atomic E-state index is 11.2. The van der Waals surface area contributed by atoms with Crippen LogP contribution in [-0.4, -0.2) is 54.8 Å². The summed E-state index contributed by atoms with van der Waals surface area (Å²) in [5.41, 5.74) is 0. The first kappa shape index (κ1) is 13.8. The first-order valence-electron chi connectivity index (χ1n) is 6.91. The highest BCUT2D eigenvalue weighted by atomic mass is 32.2. The maximum Gasteiger partial charge on any atom is 0.186 e. The van der Waals surface area contributed by atoms with Crippen LogP contribution in [0.15, 0.2) is 0 Å². The van der Waals surface area contributed by atoms with Gasteiger partial charge < -0.3 is 18.9 Å². The summed E-state index contributed by atoms with van der Waals surface area (Å²) in [4.78, 5) is 11.2. The molecular formula is C13H20O5S. The van der Waals surface area contributed by atoms with Gasteiger partial charge in [-0.2, -0.15) is 0 Å². The van der Waals surface area contributed by atoms with Crippen molar-refractivity contribution in [2.24, 2.45) is 0 Å². The average molecular weight is 288 g/mol. The van der Waals surface area contributed by atoms with Crippen LogP contribution in [0.5, 0.6) is 0 Å². The second kappa shape index (κ2) is 6.10. The number of carbonyl (C=O) groups excluding carboxylic acids is 1. The Balaban J connectivity index is 1.54. The fourth-order valence-electron chi connectivity index (χ4n) is 2.87. The fourth-order valence-corrected chi connectivity index (χ4v) is 3.81. The van der Waals surface area contributed by atoms with Crippen LogP contribution in [0.25, 0.3) is 0 Å². The van der Waals surface area contributed by atoms with E-state index in [1.165, 1.54) is 11.8 Å². The van der Waals surface area contributed by atoms with Gasteiger partial charge in [0.15, 0.2) is 11.4 Å². The highest BCUT2D eigenvalue weighted by molar-refractivity contribution is 8.14. The van der Waals surface area contributed by atoms with Crippen molar-refractivity contribution in [1.29, 1.82) is 0 Å². The standard InChI is InChI=1S/C13H20O5S/c1-8(14)19-10-7-17-12-9(6-16-13(10)12)18-11-4-2-3-5-15-11/h9-13H,2-7H2,1H3/t9-,10-,11?,12-,13-/m1/s1. The van der Waals surface area contributed by atoms with Crippen molar-refractivity contribution in [2.45, 2.75) is 56.0 Å². The minimum absolute atomic E-state index is 0.0255. The Morgan fingerprint density at radius 3 is 2.74 bits per heavy atom. The van der Waals surface area contributed by atoms with Gasteiger partial charge >= 0.3 is 0 Å². The van der Waals surface area contributed by atoms with E-state index in [4.69, 9.17) is 18.9 Å². The zero-order valence-electron chi connectivity index (χ0n) is 11.1. The van der Waals surface area contributed by atoms with Crippen LogP contribution in [0.4, 0.5) is 0 Å².